The summed E-state index contributed by atoms with van der Waals surface area (Å²) < 4.78 is 0. The van der Waals surface area contributed by atoms with Gasteiger partial charge in [-0.05, 0) is 36.2 Å². The van der Waals surface area contributed by atoms with E-state index in [9.17, 15) is 4.79 Å². The average molecular weight is 256 g/mol. The van der Waals surface area contributed by atoms with Crippen LogP contribution in [0.15, 0.2) is 42.5 Å². The third-order valence-electron chi connectivity index (χ3n) is 3.03. The van der Waals surface area contributed by atoms with Crippen LogP contribution in [0.25, 0.3) is 0 Å². The molecular weight excluding hydrogens is 240 g/mol. The zero-order valence-corrected chi connectivity index (χ0v) is 11.0. The zero-order chi connectivity index (χ0) is 13.8. The number of hydrogen-bond acceptors (Lipinski definition) is 3. The third-order valence-corrected chi connectivity index (χ3v) is 3.03. The lowest BCUT2D eigenvalue weighted by molar-refractivity contribution is 0.0690. The molecule has 0 saturated heterocycles. The summed E-state index contributed by atoms with van der Waals surface area (Å²) in [5.41, 5.74) is 2.30. The number of benzene rings is 1. The minimum atomic E-state index is -1.02. The fraction of sp³-hybridized carbons (Fsp3) is 0.200. The third kappa shape index (κ3) is 2.91. The van der Waals surface area contributed by atoms with Crippen LogP contribution in [0.4, 0.5) is 11.5 Å². The number of aromatic nitrogens is 1. The van der Waals surface area contributed by atoms with Gasteiger partial charge in [0.25, 0.3) is 0 Å². The van der Waals surface area contributed by atoms with Crippen LogP contribution in [0.1, 0.15) is 23.0 Å². The van der Waals surface area contributed by atoms with Crippen LogP contribution in [0.3, 0.4) is 0 Å². The van der Waals surface area contributed by atoms with Crippen LogP contribution in [0.2, 0.25) is 0 Å². The highest BCUT2D eigenvalue weighted by Gasteiger charge is 2.09. The van der Waals surface area contributed by atoms with Gasteiger partial charge in [-0.3, -0.25) is 0 Å². The van der Waals surface area contributed by atoms with Crippen molar-refractivity contribution in [1.29, 1.82) is 0 Å². The maximum Gasteiger partial charge on any atom is 0.354 e. The summed E-state index contributed by atoms with van der Waals surface area (Å²) in [7, 11) is 1.87. The minimum absolute atomic E-state index is 0.0505. The molecule has 0 saturated carbocycles. The summed E-state index contributed by atoms with van der Waals surface area (Å²) in [5.74, 6) is -0.402. The van der Waals surface area contributed by atoms with E-state index in [-0.39, 0.29) is 5.69 Å². The topological polar surface area (TPSA) is 53.4 Å². The predicted octanol–water partition coefficient (Wildman–Crippen LogP) is 3.11. The lowest BCUT2D eigenvalue weighted by Crippen LogP contribution is -2.13. The van der Waals surface area contributed by atoms with Crippen molar-refractivity contribution in [2.24, 2.45) is 0 Å². The van der Waals surface area contributed by atoms with Crippen molar-refractivity contribution in [3.63, 3.8) is 0 Å². The van der Waals surface area contributed by atoms with Gasteiger partial charge in [0.2, 0.25) is 0 Å². The molecule has 1 aromatic carbocycles. The highest BCUT2D eigenvalue weighted by molar-refractivity contribution is 5.86. The molecule has 4 heteroatoms. The standard InChI is InChI=1S/C15H16N2O2/c1-3-11-7-9-12(10-8-11)17(2)14-6-4-5-13(16-14)15(18)19/h4-10H,3H2,1-2H3,(H,18,19). The van der Waals surface area contributed by atoms with Crippen LogP contribution < -0.4 is 4.90 Å². The molecule has 0 aliphatic heterocycles. The first kappa shape index (κ1) is 13.1. The maximum absolute atomic E-state index is 10.9. The molecular formula is C15H16N2O2. The predicted molar refractivity (Wildman–Crippen MR) is 75.1 cm³/mol. The summed E-state index contributed by atoms with van der Waals surface area (Å²) in [4.78, 5) is 16.9. The van der Waals surface area contributed by atoms with E-state index in [4.69, 9.17) is 5.11 Å². The summed E-state index contributed by atoms with van der Waals surface area (Å²) in [6.07, 6.45) is 0.997. The van der Waals surface area contributed by atoms with Crippen molar-refractivity contribution < 1.29 is 9.90 Å². The summed E-state index contributed by atoms with van der Waals surface area (Å²) in [6.45, 7) is 2.11. The van der Waals surface area contributed by atoms with Gasteiger partial charge >= 0.3 is 5.97 Å². The number of pyridine rings is 1. The minimum Gasteiger partial charge on any atom is -0.477 e. The molecule has 0 fully saturated rings. The van der Waals surface area contributed by atoms with E-state index >= 15 is 0 Å². The molecule has 98 valence electrons. The van der Waals surface area contributed by atoms with Gasteiger partial charge in [-0.15, -0.1) is 0 Å². The molecule has 0 amide bonds. The summed E-state index contributed by atoms with van der Waals surface area (Å²) in [6, 6.07) is 13.1. The Morgan fingerprint density at radius 2 is 1.89 bits per heavy atom. The lowest BCUT2D eigenvalue weighted by atomic mass is 10.1. The van der Waals surface area contributed by atoms with E-state index in [0.29, 0.717) is 5.82 Å². The fourth-order valence-corrected chi connectivity index (χ4v) is 1.82. The molecule has 0 radical (unpaired) electrons. The van der Waals surface area contributed by atoms with Crippen LogP contribution in [-0.4, -0.2) is 23.1 Å². The van der Waals surface area contributed by atoms with E-state index < -0.39 is 5.97 Å². The van der Waals surface area contributed by atoms with Crippen molar-refractivity contribution in [1.82, 2.24) is 4.98 Å². The highest BCUT2D eigenvalue weighted by Crippen LogP contribution is 2.22. The molecule has 0 bridgehead atoms. The van der Waals surface area contributed by atoms with Gasteiger partial charge in [0.1, 0.15) is 5.82 Å². The smallest absolute Gasteiger partial charge is 0.354 e. The van der Waals surface area contributed by atoms with Gasteiger partial charge < -0.3 is 10.0 Å². The van der Waals surface area contributed by atoms with Crippen molar-refractivity contribution in [2.45, 2.75) is 13.3 Å². The van der Waals surface area contributed by atoms with E-state index in [1.165, 1.54) is 11.6 Å². The van der Waals surface area contributed by atoms with Crippen molar-refractivity contribution in [3.05, 3.63) is 53.7 Å². The molecule has 0 aliphatic carbocycles. The Bertz CT molecular complexity index is 579. The Balaban J connectivity index is 2.29. The molecule has 0 aliphatic rings. The van der Waals surface area contributed by atoms with Crippen LogP contribution in [0, 0.1) is 0 Å². The van der Waals surface area contributed by atoms with E-state index in [1.54, 1.807) is 12.1 Å². The van der Waals surface area contributed by atoms with Gasteiger partial charge in [0.15, 0.2) is 5.69 Å². The lowest BCUT2D eigenvalue weighted by Gasteiger charge is -2.18. The number of carboxylic acids is 1. The number of hydrogen-bond donors (Lipinski definition) is 1. The quantitative estimate of drug-likeness (QED) is 0.913. The second-order valence-corrected chi connectivity index (χ2v) is 4.27. The molecule has 2 rings (SSSR count). The van der Waals surface area contributed by atoms with Gasteiger partial charge in [0.05, 0.1) is 0 Å². The van der Waals surface area contributed by atoms with E-state index in [0.717, 1.165) is 12.1 Å². The number of carbonyl (C=O) groups is 1. The number of aryl methyl sites for hydroxylation is 1. The average Bonchev–Trinajstić information content (AvgIpc) is 2.46. The SMILES string of the molecule is CCc1ccc(N(C)c2cccc(C(=O)O)n2)cc1. The second-order valence-electron chi connectivity index (χ2n) is 4.27. The normalized spacial score (nSPS) is 10.2. The molecule has 4 nitrogen and oxygen atoms in total. The molecule has 2 aromatic rings. The Morgan fingerprint density at radius 3 is 2.47 bits per heavy atom. The number of nitrogens with zero attached hydrogens (tertiary/aromatic N) is 2. The molecule has 1 heterocycles. The fourth-order valence-electron chi connectivity index (χ4n) is 1.82. The summed E-state index contributed by atoms with van der Waals surface area (Å²) >= 11 is 0. The Hall–Kier alpha value is -2.36. The van der Waals surface area contributed by atoms with E-state index in [1.807, 2.05) is 24.1 Å². The van der Waals surface area contributed by atoms with Crippen LogP contribution in [0.5, 0.6) is 0 Å². The monoisotopic (exact) mass is 256 g/mol. The molecule has 0 atom stereocenters. The van der Waals surface area contributed by atoms with Gasteiger partial charge in [-0.25, -0.2) is 9.78 Å². The number of carboxylic acid groups (broad SMARTS) is 1. The van der Waals surface area contributed by atoms with Gasteiger partial charge in [0, 0.05) is 12.7 Å². The molecule has 1 aromatic heterocycles. The van der Waals surface area contributed by atoms with E-state index in [2.05, 4.69) is 24.0 Å². The first-order valence-electron chi connectivity index (χ1n) is 6.15. The number of anilines is 2. The largest absolute Gasteiger partial charge is 0.477 e. The summed E-state index contributed by atoms with van der Waals surface area (Å²) in [5, 5.41) is 8.95. The van der Waals surface area contributed by atoms with Crippen LogP contribution in [-0.2, 0) is 6.42 Å². The maximum atomic E-state index is 10.9. The first-order valence-corrected chi connectivity index (χ1v) is 6.15. The number of aromatic carboxylic acids is 1. The van der Waals surface area contributed by atoms with Gasteiger partial charge in [-0.1, -0.05) is 25.1 Å². The zero-order valence-electron chi connectivity index (χ0n) is 11.0. The Labute approximate surface area is 112 Å². The van der Waals surface area contributed by atoms with Crippen LogP contribution >= 0.6 is 0 Å². The Kier molecular flexibility index (Phi) is 3.80. The molecule has 19 heavy (non-hydrogen) atoms. The Morgan fingerprint density at radius 1 is 1.21 bits per heavy atom. The number of rotatable bonds is 4. The first-order chi connectivity index (χ1) is 9.11. The molecule has 0 spiro atoms. The van der Waals surface area contributed by atoms with Crippen molar-refractivity contribution in [3.8, 4) is 0 Å². The van der Waals surface area contributed by atoms with Gasteiger partial charge in [-0.2, -0.15) is 0 Å². The van der Waals surface area contributed by atoms with Crippen molar-refractivity contribution in [2.75, 3.05) is 11.9 Å². The second kappa shape index (κ2) is 5.52. The van der Waals surface area contributed by atoms with Crippen molar-refractivity contribution >= 4 is 17.5 Å². The molecule has 0 unspecified atom stereocenters. The highest BCUT2D eigenvalue weighted by atomic mass is 16.4. The molecule has 1 N–H and O–H groups in total.